The lowest BCUT2D eigenvalue weighted by molar-refractivity contribution is 0.160. The van der Waals surface area contributed by atoms with Gasteiger partial charge in [-0.2, -0.15) is 10.2 Å². The molecule has 25 heteroatoms. The van der Waals surface area contributed by atoms with E-state index in [1.807, 2.05) is 75.7 Å². The first-order chi connectivity index (χ1) is 45.9. The number of piperidine rings is 2. The number of pyridine rings is 2. The number of phenolic OH excluding ortho intramolecular Hbond substituents is 3. The van der Waals surface area contributed by atoms with Crippen molar-refractivity contribution >= 4 is 28.6 Å². The number of aromatic nitrogens is 15. The normalized spacial score (nSPS) is 18.9. The highest BCUT2D eigenvalue weighted by molar-refractivity contribution is 5.80. The third-order valence-corrected chi connectivity index (χ3v) is 18.4. The van der Waals surface area contributed by atoms with Crippen LogP contribution in [0.2, 0.25) is 0 Å². The van der Waals surface area contributed by atoms with Crippen LogP contribution in [0.5, 0.6) is 17.2 Å². The molecule has 4 fully saturated rings. The summed E-state index contributed by atoms with van der Waals surface area (Å²) < 4.78 is 7.20. The molecule has 2 unspecified atom stereocenters. The number of benzene rings is 3. The molecule has 0 aliphatic carbocycles. The van der Waals surface area contributed by atoms with E-state index < -0.39 is 0 Å². The van der Waals surface area contributed by atoms with Crippen LogP contribution in [0.1, 0.15) is 93.9 Å². The number of nitrogens with one attached hydrogen (secondary N) is 4. The number of rotatable bonds is 14. The number of hydrogen-bond donors (Lipinski definition) is 7. The number of nitrogens with zero attached hydrogens (tertiary/aromatic N) is 17. The number of hydrogen-bond acceptors (Lipinski definition) is 23. The molecule has 2 atom stereocenters. The zero-order valence-electron chi connectivity index (χ0n) is 56.6. The molecule has 10 aromatic rings. The van der Waals surface area contributed by atoms with Crippen molar-refractivity contribution in [2.75, 3.05) is 61.6 Å². The molecule has 11 heterocycles. The number of phenols is 3. The van der Waals surface area contributed by atoms with Crippen molar-refractivity contribution in [2.45, 2.75) is 134 Å². The van der Waals surface area contributed by atoms with Gasteiger partial charge in [0, 0.05) is 122 Å². The smallest absolute Gasteiger partial charge is 0.245 e. The summed E-state index contributed by atoms with van der Waals surface area (Å²) in [6, 6.07) is 26.9. The van der Waals surface area contributed by atoms with E-state index in [-0.39, 0.29) is 39.4 Å². The van der Waals surface area contributed by atoms with Crippen molar-refractivity contribution in [3.63, 3.8) is 0 Å². The number of aromatic amines is 1. The Bertz CT molecular complexity index is 4230. The molecule has 96 heavy (non-hydrogen) atoms. The Kier molecular flexibility index (Phi) is 19.0. The van der Waals surface area contributed by atoms with Crippen LogP contribution in [0.25, 0.3) is 78.7 Å². The Morgan fingerprint density at radius 2 is 1.18 bits per heavy atom. The van der Waals surface area contributed by atoms with Gasteiger partial charge < -0.3 is 50.7 Å². The molecular formula is C71H87N21O4. The molecular weight excluding hydrogens is 1210 g/mol. The lowest BCUT2D eigenvalue weighted by Crippen LogP contribution is -2.62. The Morgan fingerprint density at radius 3 is 1.70 bits per heavy atom. The molecule has 0 spiro atoms. The summed E-state index contributed by atoms with van der Waals surface area (Å²) in [6.07, 6.45) is 18.3. The van der Waals surface area contributed by atoms with Gasteiger partial charge in [-0.05, 0) is 166 Å². The second-order valence-corrected chi connectivity index (χ2v) is 28.4. The van der Waals surface area contributed by atoms with Gasteiger partial charge in [-0.15, -0.1) is 30.6 Å². The van der Waals surface area contributed by atoms with Gasteiger partial charge in [0.15, 0.2) is 23.3 Å². The van der Waals surface area contributed by atoms with Gasteiger partial charge in [0.1, 0.15) is 28.5 Å². The first-order valence-corrected chi connectivity index (χ1v) is 32.8. The number of ether oxygens (including phenoxy) is 1. The fourth-order valence-electron chi connectivity index (χ4n) is 14.1. The molecule has 4 aliphatic rings. The zero-order chi connectivity index (χ0) is 67.5. The van der Waals surface area contributed by atoms with Crippen LogP contribution in [-0.4, -0.2) is 178 Å². The zero-order valence-corrected chi connectivity index (χ0v) is 56.6. The van der Waals surface area contributed by atoms with Gasteiger partial charge in [-0.25, -0.2) is 19.9 Å². The van der Waals surface area contributed by atoms with Crippen LogP contribution >= 0.6 is 0 Å². The van der Waals surface area contributed by atoms with E-state index >= 15 is 0 Å². The quantitative estimate of drug-likeness (QED) is 0.0532. The van der Waals surface area contributed by atoms with Gasteiger partial charge in [-0.1, -0.05) is 24.3 Å². The van der Waals surface area contributed by atoms with Crippen molar-refractivity contribution < 1.29 is 20.1 Å². The lowest BCUT2D eigenvalue weighted by atomic mass is 9.79. The average Bonchev–Trinajstić information content (AvgIpc) is 1.57. The minimum atomic E-state index is 0.0332. The molecule has 0 saturated carbocycles. The van der Waals surface area contributed by atoms with E-state index in [1.54, 1.807) is 78.4 Å². The highest BCUT2D eigenvalue weighted by Crippen LogP contribution is 2.38. The first-order valence-electron chi connectivity index (χ1n) is 32.8. The Hall–Kier alpha value is -9.69. The fraction of sp³-hybridized carbons (Fsp3) is 0.423. The molecule has 0 radical (unpaired) electrons. The van der Waals surface area contributed by atoms with E-state index in [1.165, 1.54) is 0 Å². The summed E-state index contributed by atoms with van der Waals surface area (Å²) in [6.45, 7) is 22.4. The van der Waals surface area contributed by atoms with Crippen LogP contribution < -0.4 is 30.7 Å². The standard InChI is InChI=1S/C26H32N8O.C24H30N6O.C21H25N7O2/c1-25(2)12-17(13-26(3,4)32-25)33(5)23-15-27-24(31-30-23)18-8-7-16(11-22(18)35)19-9-10-21-20(29-19)14-28-34(21)6;1-23(2)13-17(14-24(3,4)29-23)30(5)21-15-26-22(28-27-21)18-10-9-16(12-20(18)31)19-8-6-7-11-25-19;29-20-7-15(16-9-24-25-10-16)1-2-18(20)19-11-23-21(27-26-19)28-5-3-14(12-28)8-22-17-4-6-30-13-17/h7-11,14-15,17,32,35H,12-13H2,1-6H3;6-12,15,17,29,31H,13-14H2,1-5H3;1-2,7,9-11,14,17,22,29H,3-6,8,12-13H2,(H,24,25). The van der Waals surface area contributed by atoms with E-state index in [2.05, 4.69) is 157 Å². The molecule has 4 aliphatic heterocycles. The van der Waals surface area contributed by atoms with Crippen molar-refractivity contribution in [1.29, 1.82) is 0 Å². The van der Waals surface area contributed by atoms with E-state index in [0.717, 1.165) is 128 Å². The largest absolute Gasteiger partial charge is 0.507 e. The Labute approximate surface area is 559 Å². The van der Waals surface area contributed by atoms with E-state index in [9.17, 15) is 15.3 Å². The van der Waals surface area contributed by atoms with Crippen molar-refractivity contribution in [2.24, 2.45) is 13.0 Å². The molecule has 3 aromatic carbocycles. The molecule has 0 bridgehead atoms. The topological polar surface area (TPSA) is 304 Å². The highest BCUT2D eigenvalue weighted by atomic mass is 16.5. The molecule has 4 saturated heterocycles. The SMILES string of the molecule is CN(c1cnc(-c2ccc(-c3ccc4c(cnn4C)n3)cc2O)nn1)C1CC(C)(C)NC(C)(C)C1.CN(c1cnc(-c2ccc(-c3ccccn3)cc2O)nn1)C1CC(C)(C)NC(C)(C)C1.Oc1cc(-c2cn[nH]c2)ccc1-c1cnc(N2CCC(CNC3CCOC3)C2)nn1. The number of aryl methyl sites for hydroxylation is 1. The lowest BCUT2D eigenvalue weighted by Gasteiger charge is -2.49. The second kappa shape index (κ2) is 27.6. The van der Waals surface area contributed by atoms with Crippen molar-refractivity contribution in [3.8, 4) is 84.9 Å². The summed E-state index contributed by atoms with van der Waals surface area (Å²) in [4.78, 5) is 29.0. The Morgan fingerprint density at radius 1 is 0.583 bits per heavy atom. The van der Waals surface area contributed by atoms with E-state index in [4.69, 9.17) is 4.74 Å². The number of aromatic hydroxyl groups is 3. The summed E-state index contributed by atoms with van der Waals surface area (Å²) in [5, 5.41) is 79.9. The molecule has 7 aromatic heterocycles. The number of fused-ring (bicyclic) bond motifs is 1. The summed E-state index contributed by atoms with van der Waals surface area (Å²) in [5.41, 5.74) is 9.14. The van der Waals surface area contributed by atoms with Gasteiger partial charge in [0.05, 0.1) is 65.6 Å². The average molecular weight is 1300 g/mol. The summed E-state index contributed by atoms with van der Waals surface area (Å²) in [5.74, 6) is 3.77. The van der Waals surface area contributed by atoms with Gasteiger partial charge in [-0.3, -0.25) is 14.8 Å². The summed E-state index contributed by atoms with van der Waals surface area (Å²) >= 11 is 0. The minimum Gasteiger partial charge on any atom is -0.507 e. The maximum atomic E-state index is 10.8. The first kappa shape index (κ1) is 66.3. The van der Waals surface area contributed by atoms with Crippen LogP contribution in [0.3, 0.4) is 0 Å². The second-order valence-electron chi connectivity index (χ2n) is 28.4. The van der Waals surface area contributed by atoms with Crippen LogP contribution in [-0.2, 0) is 11.8 Å². The number of anilines is 3. The minimum absolute atomic E-state index is 0.0332. The molecule has 25 nitrogen and oxygen atoms in total. The third kappa shape index (κ3) is 15.7. The van der Waals surface area contributed by atoms with E-state index in [0.29, 0.717) is 64.0 Å². The monoisotopic (exact) mass is 1300 g/mol. The Balaban J connectivity index is 0.000000138. The fourth-order valence-corrected chi connectivity index (χ4v) is 14.1. The van der Waals surface area contributed by atoms with Crippen LogP contribution in [0, 0.1) is 5.92 Å². The van der Waals surface area contributed by atoms with Gasteiger partial charge in [0.25, 0.3) is 0 Å². The van der Waals surface area contributed by atoms with Crippen molar-refractivity contribution in [1.82, 2.24) is 91.4 Å². The van der Waals surface area contributed by atoms with Crippen LogP contribution in [0.4, 0.5) is 17.6 Å². The number of H-pyrrole nitrogens is 1. The maximum Gasteiger partial charge on any atom is 0.245 e. The third-order valence-electron chi connectivity index (χ3n) is 18.4. The van der Waals surface area contributed by atoms with Gasteiger partial charge >= 0.3 is 0 Å². The van der Waals surface area contributed by atoms with Crippen LogP contribution in [0.15, 0.2) is 128 Å². The summed E-state index contributed by atoms with van der Waals surface area (Å²) in [7, 11) is 5.98. The maximum absolute atomic E-state index is 10.8. The molecule has 0 amide bonds. The molecule has 14 rings (SSSR count). The molecule has 500 valence electrons. The predicted molar refractivity (Wildman–Crippen MR) is 372 cm³/mol. The highest BCUT2D eigenvalue weighted by Gasteiger charge is 2.41. The predicted octanol–water partition coefficient (Wildman–Crippen LogP) is 9.83. The van der Waals surface area contributed by atoms with Crippen molar-refractivity contribution in [3.05, 3.63) is 128 Å². The van der Waals surface area contributed by atoms with Gasteiger partial charge in [0.2, 0.25) is 5.95 Å². The molecule has 7 N–H and O–H groups in total.